The molecule has 1 aromatic carbocycles. The second-order valence-corrected chi connectivity index (χ2v) is 7.36. The summed E-state index contributed by atoms with van der Waals surface area (Å²) >= 11 is 0. The van der Waals surface area contributed by atoms with Gasteiger partial charge in [-0.2, -0.15) is 0 Å². The molecule has 2 aliphatic rings. The first-order chi connectivity index (χ1) is 16.0. The summed E-state index contributed by atoms with van der Waals surface area (Å²) in [5, 5.41) is 7.82. The lowest BCUT2D eigenvalue weighted by atomic mass is 10.1. The smallest absolute Gasteiger partial charge is 0.278 e. The molecule has 0 saturated heterocycles. The number of aliphatic imine (C=N–C) groups is 1. The van der Waals surface area contributed by atoms with Gasteiger partial charge < -0.3 is 16.0 Å². The van der Waals surface area contributed by atoms with Gasteiger partial charge in [-0.15, -0.1) is 0 Å². The average molecular weight is 450 g/mol. The quantitative estimate of drug-likeness (QED) is 0.622. The molecule has 0 spiro atoms. The summed E-state index contributed by atoms with van der Waals surface area (Å²) in [6.07, 6.45) is 13.7. The molecule has 0 atom stereocenters. The Bertz CT molecular complexity index is 1230. The number of nitrogens with zero attached hydrogens (tertiary/aromatic N) is 3. The van der Waals surface area contributed by atoms with Crippen LogP contribution in [0.4, 0.5) is 20.3 Å². The van der Waals surface area contributed by atoms with E-state index in [1.165, 1.54) is 7.05 Å². The van der Waals surface area contributed by atoms with E-state index in [9.17, 15) is 18.4 Å². The van der Waals surface area contributed by atoms with E-state index in [-0.39, 0.29) is 28.7 Å². The highest BCUT2D eigenvalue weighted by Crippen LogP contribution is 2.39. The highest BCUT2D eigenvalue weighted by molar-refractivity contribution is 6.10. The lowest BCUT2D eigenvalue weighted by Crippen LogP contribution is -2.23. The van der Waals surface area contributed by atoms with Crippen LogP contribution < -0.4 is 16.0 Å². The van der Waals surface area contributed by atoms with Crippen LogP contribution in [0.3, 0.4) is 0 Å². The Morgan fingerprint density at radius 2 is 1.85 bits per heavy atom. The van der Waals surface area contributed by atoms with Crippen LogP contribution in [0.15, 0.2) is 59.5 Å². The van der Waals surface area contributed by atoms with Gasteiger partial charge in [0.25, 0.3) is 11.8 Å². The van der Waals surface area contributed by atoms with Gasteiger partial charge in [-0.05, 0) is 31.1 Å². The average Bonchev–Trinajstić information content (AvgIpc) is 3.63. The number of benzene rings is 1. The summed E-state index contributed by atoms with van der Waals surface area (Å²) < 4.78 is 27.6. The maximum atomic E-state index is 13.9. The van der Waals surface area contributed by atoms with Crippen LogP contribution in [0.5, 0.6) is 0 Å². The van der Waals surface area contributed by atoms with Crippen molar-refractivity contribution in [3.63, 3.8) is 0 Å². The van der Waals surface area contributed by atoms with Crippen molar-refractivity contribution in [3.8, 4) is 0 Å². The monoisotopic (exact) mass is 450 g/mol. The molecule has 3 N–H and O–H groups in total. The number of hydrogen-bond donors (Lipinski definition) is 3. The highest BCUT2D eigenvalue weighted by atomic mass is 19.2. The third-order valence-electron chi connectivity index (χ3n) is 4.93. The third kappa shape index (κ3) is 5.17. The van der Waals surface area contributed by atoms with Crippen molar-refractivity contribution < 1.29 is 18.4 Å². The standard InChI is InChI=1S/C23H20F2N6O2/c1-26-22(32)15-9-16(24)17(25)10-18(15)31-23(33)20-21(28-12-19(30-20)13-6-7-13)29-14-5-3-2-4-8-27-11-14/h2-5,8-13H,6-7H2,1H3,(H,26,32)(H,28,29)(H,31,33)/b3-2+,4-2?,5-3?,8-4+,14-5?,14-11?,27-8?,27-11?. The first kappa shape index (κ1) is 22.0. The number of nitrogens with one attached hydrogen (secondary N) is 3. The minimum absolute atomic E-state index is 0.0529. The van der Waals surface area contributed by atoms with Crippen LogP contribution in [0.2, 0.25) is 0 Å². The van der Waals surface area contributed by atoms with Gasteiger partial charge in [-0.1, -0.05) is 12.2 Å². The summed E-state index contributed by atoms with van der Waals surface area (Å²) in [5.74, 6) is -3.46. The largest absolute Gasteiger partial charge is 0.355 e. The summed E-state index contributed by atoms with van der Waals surface area (Å²) in [7, 11) is 1.34. The van der Waals surface area contributed by atoms with Crippen LogP contribution >= 0.6 is 0 Å². The number of rotatable bonds is 6. The highest BCUT2D eigenvalue weighted by Gasteiger charge is 2.28. The van der Waals surface area contributed by atoms with E-state index in [0.717, 1.165) is 25.0 Å². The predicted octanol–water partition coefficient (Wildman–Crippen LogP) is 3.69. The number of aromatic nitrogens is 2. The molecule has 1 aliphatic carbocycles. The zero-order valence-electron chi connectivity index (χ0n) is 17.6. The fourth-order valence-corrected chi connectivity index (χ4v) is 3.08. The third-order valence-corrected chi connectivity index (χ3v) is 4.93. The molecule has 2 heterocycles. The predicted molar refractivity (Wildman–Crippen MR) is 120 cm³/mol. The van der Waals surface area contributed by atoms with Crippen molar-refractivity contribution in [1.29, 1.82) is 0 Å². The fraction of sp³-hybridized carbons (Fsp3) is 0.174. The molecule has 1 saturated carbocycles. The number of carbonyl (C=O) groups is 2. The van der Waals surface area contributed by atoms with Crippen LogP contribution in [-0.4, -0.2) is 35.0 Å². The fourth-order valence-electron chi connectivity index (χ4n) is 3.08. The minimum Gasteiger partial charge on any atom is -0.355 e. The maximum absolute atomic E-state index is 13.9. The van der Waals surface area contributed by atoms with Crippen LogP contribution in [-0.2, 0) is 0 Å². The van der Waals surface area contributed by atoms with E-state index in [0.29, 0.717) is 11.4 Å². The Labute approximate surface area is 188 Å². The summed E-state index contributed by atoms with van der Waals surface area (Å²) in [4.78, 5) is 38.2. The minimum atomic E-state index is -1.21. The van der Waals surface area contributed by atoms with E-state index in [1.807, 2.05) is 0 Å². The Morgan fingerprint density at radius 3 is 2.61 bits per heavy atom. The van der Waals surface area contributed by atoms with Crippen molar-refractivity contribution in [2.75, 3.05) is 17.7 Å². The summed E-state index contributed by atoms with van der Waals surface area (Å²) in [6.45, 7) is 0. The van der Waals surface area contributed by atoms with Crippen molar-refractivity contribution in [1.82, 2.24) is 15.3 Å². The molecular weight excluding hydrogens is 430 g/mol. The number of carbonyl (C=O) groups excluding carboxylic acids is 2. The molecule has 0 radical (unpaired) electrons. The van der Waals surface area contributed by atoms with E-state index < -0.39 is 23.4 Å². The molecule has 168 valence electrons. The SMILES string of the molecule is CNC(=O)c1cc(F)c(F)cc1NC(=O)c1nc(C2CC2)cnc1NC1=C/C=C/C=C/N=C1. The second-order valence-electron chi connectivity index (χ2n) is 7.36. The second kappa shape index (κ2) is 9.51. The molecular formula is C23H20F2N6O2. The van der Waals surface area contributed by atoms with Gasteiger partial charge in [-0.3, -0.25) is 14.6 Å². The van der Waals surface area contributed by atoms with Gasteiger partial charge in [0.05, 0.1) is 35.1 Å². The van der Waals surface area contributed by atoms with Crippen LogP contribution in [0, 0.1) is 11.6 Å². The first-order valence-electron chi connectivity index (χ1n) is 10.2. The Balaban J connectivity index is 1.69. The van der Waals surface area contributed by atoms with Gasteiger partial charge in [0, 0.05) is 25.2 Å². The summed E-state index contributed by atoms with van der Waals surface area (Å²) in [5.41, 5.74) is 0.741. The number of allylic oxidation sites excluding steroid dienone is 5. The maximum Gasteiger partial charge on any atom is 0.278 e. The zero-order chi connectivity index (χ0) is 23.4. The molecule has 0 unspecified atom stereocenters. The van der Waals surface area contributed by atoms with E-state index in [2.05, 4.69) is 30.9 Å². The van der Waals surface area contributed by atoms with Gasteiger partial charge in [0.1, 0.15) is 0 Å². The van der Waals surface area contributed by atoms with Crippen LogP contribution in [0.1, 0.15) is 45.3 Å². The number of hydrogen-bond acceptors (Lipinski definition) is 6. The van der Waals surface area contributed by atoms with E-state index in [1.54, 1.807) is 42.9 Å². The molecule has 33 heavy (non-hydrogen) atoms. The number of anilines is 2. The van der Waals surface area contributed by atoms with E-state index >= 15 is 0 Å². The number of halogens is 2. The van der Waals surface area contributed by atoms with E-state index in [4.69, 9.17) is 0 Å². The van der Waals surface area contributed by atoms with Gasteiger partial charge in [0.2, 0.25) is 0 Å². The summed E-state index contributed by atoms with van der Waals surface area (Å²) in [6, 6.07) is 1.48. The molecule has 2 amide bonds. The lowest BCUT2D eigenvalue weighted by molar-refractivity contribution is 0.0963. The van der Waals surface area contributed by atoms with Crippen molar-refractivity contribution in [2.45, 2.75) is 18.8 Å². The number of amides is 2. The molecule has 2 aromatic rings. The van der Waals surface area contributed by atoms with Crippen molar-refractivity contribution in [2.24, 2.45) is 4.99 Å². The molecule has 8 nitrogen and oxygen atoms in total. The van der Waals surface area contributed by atoms with Crippen LogP contribution in [0.25, 0.3) is 0 Å². The Morgan fingerprint density at radius 1 is 1.06 bits per heavy atom. The first-order valence-corrected chi connectivity index (χ1v) is 10.2. The molecule has 1 aromatic heterocycles. The molecule has 10 heteroatoms. The van der Waals surface area contributed by atoms with Gasteiger partial charge in [0.15, 0.2) is 23.1 Å². The molecule has 4 rings (SSSR count). The molecule has 0 bridgehead atoms. The topological polar surface area (TPSA) is 108 Å². The normalized spacial score (nSPS) is 16.8. The van der Waals surface area contributed by atoms with Crippen molar-refractivity contribution >= 4 is 29.5 Å². The molecule has 1 aliphatic heterocycles. The van der Waals surface area contributed by atoms with Crippen molar-refractivity contribution in [3.05, 3.63) is 83.1 Å². The lowest BCUT2D eigenvalue weighted by Gasteiger charge is -2.14. The van der Waals surface area contributed by atoms with Gasteiger partial charge in [-0.25, -0.2) is 18.7 Å². The molecule has 1 fully saturated rings. The Kier molecular flexibility index (Phi) is 6.34. The Hall–Kier alpha value is -4.21. The van der Waals surface area contributed by atoms with Gasteiger partial charge >= 0.3 is 0 Å². The zero-order valence-corrected chi connectivity index (χ0v) is 17.6.